The molecule has 2 amide bonds. The summed E-state index contributed by atoms with van der Waals surface area (Å²) in [5, 5.41) is 14.7. The predicted molar refractivity (Wildman–Crippen MR) is 159 cm³/mol. The number of rotatable bonds is 13. The summed E-state index contributed by atoms with van der Waals surface area (Å²) >= 11 is 6.33. The Labute approximate surface area is 250 Å². The van der Waals surface area contributed by atoms with Crippen molar-refractivity contribution in [3.8, 4) is 0 Å². The summed E-state index contributed by atoms with van der Waals surface area (Å²) in [6.07, 6.45) is 8.67. The van der Waals surface area contributed by atoms with E-state index in [-0.39, 0.29) is 30.0 Å². The number of amides is 2. The summed E-state index contributed by atoms with van der Waals surface area (Å²) in [5.41, 5.74) is 0.966. The summed E-state index contributed by atoms with van der Waals surface area (Å²) in [6.45, 7) is 4.78. The highest BCUT2D eigenvalue weighted by Crippen LogP contribution is 2.38. The van der Waals surface area contributed by atoms with Gasteiger partial charge in [0.05, 0.1) is 38.6 Å². The number of carbonyl (C=O) groups is 2. The van der Waals surface area contributed by atoms with Crippen molar-refractivity contribution in [2.75, 3.05) is 40.0 Å². The fourth-order valence-electron chi connectivity index (χ4n) is 6.97. The zero-order valence-corrected chi connectivity index (χ0v) is 25.5. The van der Waals surface area contributed by atoms with Gasteiger partial charge in [-0.2, -0.15) is 0 Å². The van der Waals surface area contributed by atoms with E-state index in [1.807, 2.05) is 29.2 Å². The number of aliphatic hydroxyl groups excluding tert-OH is 1. The molecule has 0 bridgehead atoms. The van der Waals surface area contributed by atoms with Gasteiger partial charge in [-0.25, -0.2) is 4.79 Å². The predicted octanol–water partition coefficient (Wildman–Crippen LogP) is 5.75. The van der Waals surface area contributed by atoms with Crippen LogP contribution in [-0.4, -0.2) is 74.2 Å². The Kier molecular flexibility index (Phi) is 12.6. The van der Waals surface area contributed by atoms with E-state index in [9.17, 15) is 14.7 Å². The summed E-state index contributed by atoms with van der Waals surface area (Å²) in [7, 11) is 1.33. The first-order valence-corrected chi connectivity index (χ1v) is 16.0. The van der Waals surface area contributed by atoms with Crippen LogP contribution in [0, 0.1) is 23.7 Å². The van der Waals surface area contributed by atoms with E-state index < -0.39 is 12.2 Å². The largest absolute Gasteiger partial charge is 0.453 e. The van der Waals surface area contributed by atoms with Crippen LogP contribution in [0.25, 0.3) is 0 Å². The number of carbonyl (C=O) groups excluding carboxylic acids is 2. The lowest BCUT2D eigenvalue weighted by Gasteiger charge is -2.43. The van der Waals surface area contributed by atoms with Crippen molar-refractivity contribution in [2.24, 2.45) is 23.7 Å². The van der Waals surface area contributed by atoms with Gasteiger partial charge >= 0.3 is 6.09 Å². The third kappa shape index (κ3) is 9.06. The number of piperidine rings is 1. The lowest BCUT2D eigenvalue weighted by Crippen LogP contribution is -2.51. The number of nitrogens with one attached hydrogen (secondary N) is 1. The van der Waals surface area contributed by atoms with Crippen molar-refractivity contribution >= 4 is 23.6 Å². The molecule has 1 aromatic rings. The first kappa shape index (κ1) is 32.1. The molecule has 2 N–H and O–H groups in total. The van der Waals surface area contributed by atoms with Crippen molar-refractivity contribution in [1.29, 1.82) is 0 Å². The summed E-state index contributed by atoms with van der Waals surface area (Å²) in [6, 6.07) is 7.67. The molecule has 2 aliphatic heterocycles. The molecule has 4 rings (SSSR count). The third-order valence-corrected chi connectivity index (χ3v) is 9.61. The number of methoxy groups -OCH3 is 1. The molecule has 230 valence electrons. The number of hydrogen-bond acceptors (Lipinski definition) is 6. The van der Waals surface area contributed by atoms with Crippen molar-refractivity contribution < 1.29 is 28.9 Å². The molecule has 0 radical (unpaired) electrons. The Morgan fingerprint density at radius 1 is 1.20 bits per heavy atom. The number of halogens is 1. The third-order valence-electron chi connectivity index (χ3n) is 9.38. The first-order chi connectivity index (χ1) is 19.9. The second-order valence-electron chi connectivity index (χ2n) is 12.2. The molecule has 1 saturated carbocycles. The maximum atomic E-state index is 13.8. The maximum Gasteiger partial charge on any atom is 0.406 e. The number of nitrogens with zero attached hydrogens (tertiary/aromatic N) is 1. The molecule has 1 aromatic carbocycles. The van der Waals surface area contributed by atoms with E-state index in [0.29, 0.717) is 56.1 Å². The number of likely N-dealkylation sites (tertiary alicyclic amines) is 1. The Bertz CT molecular complexity index is 971. The molecule has 0 aromatic heterocycles. The van der Waals surface area contributed by atoms with Crippen LogP contribution in [-0.2, 0) is 19.0 Å². The normalized spacial score (nSPS) is 25.6. The molecule has 9 heteroatoms. The summed E-state index contributed by atoms with van der Waals surface area (Å²) in [4.78, 5) is 27.3. The van der Waals surface area contributed by atoms with Gasteiger partial charge in [0.1, 0.15) is 0 Å². The van der Waals surface area contributed by atoms with Crippen LogP contribution in [0.1, 0.15) is 82.8 Å². The lowest BCUT2D eigenvalue weighted by atomic mass is 9.76. The molecular formula is C32H49ClN2O6. The van der Waals surface area contributed by atoms with Crippen LogP contribution in [0.3, 0.4) is 0 Å². The lowest BCUT2D eigenvalue weighted by molar-refractivity contribution is -0.184. The van der Waals surface area contributed by atoms with Gasteiger partial charge in [-0.3, -0.25) is 4.79 Å². The van der Waals surface area contributed by atoms with Crippen molar-refractivity contribution in [1.82, 2.24) is 10.2 Å². The van der Waals surface area contributed by atoms with E-state index >= 15 is 0 Å². The molecule has 6 unspecified atom stereocenters. The van der Waals surface area contributed by atoms with E-state index in [4.69, 9.17) is 21.1 Å². The number of aliphatic hydroxyl groups is 1. The van der Waals surface area contributed by atoms with Gasteiger partial charge in [0.25, 0.3) is 0 Å². The summed E-state index contributed by atoms with van der Waals surface area (Å²) in [5.74, 6) is 1.06. The second kappa shape index (κ2) is 16.1. The Balaban J connectivity index is 1.42. The molecule has 2 saturated heterocycles. The maximum absolute atomic E-state index is 13.8. The average molecular weight is 593 g/mol. The van der Waals surface area contributed by atoms with Crippen LogP contribution in [0.4, 0.5) is 4.79 Å². The first-order valence-electron chi connectivity index (χ1n) is 15.7. The Morgan fingerprint density at radius 2 is 2.00 bits per heavy atom. The highest BCUT2D eigenvalue weighted by Gasteiger charge is 2.42. The smallest absolute Gasteiger partial charge is 0.406 e. The van der Waals surface area contributed by atoms with Gasteiger partial charge in [-0.05, 0) is 55.2 Å². The van der Waals surface area contributed by atoms with Crippen LogP contribution in [0.5, 0.6) is 0 Å². The number of hydrogen-bond donors (Lipinski definition) is 2. The van der Waals surface area contributed by atoms with E-state index in [1.165, 1.54) is 39.2 Å². The molecule has 3 fully saturated rings. The standard InChI is InChI=1S/C32H49ClN2O6/c1-3-23-21-41-31(23)29(37)26(17-22-9-5-4-6-10-22)19-28(36)35-15-8-12-25(20-35)30(24-11-7-13-27(33)18-24)40-16-14-34-32(38)39-2/h7,11,13,18,22-23,25-26,29-31,37H,3-6,8-10,12,14-17,19-21H2,1-2H3,(H,34,38). The fourth-order valence-corrected chi connectivity index (χ4v) is 7.17. The van der Waals surface area contributed by atoms with Crippen LogP contribution in [0.2, 0.25) is 5.02 Å². The van der Waals surface area contributed by atoms with Gasteiger partial charge in [0.2, 0.25) is 5.91 Å². The van der Waals surface area contributed by atoms with Crippen molar-refractivity contribution in [3.63, 3.8) is 0 Å². The Morgan fingerprint density at radius 3 is 2.68 bits per heavy atom. The van der Waals surface area contributed by atoms with Crippen LogP contribution < -0.4 is 5.32 Å². The Hall–Kier alpha value is -1.87. The zero-order chi connectivity index (χ0) is 29.2. The van der Waals surface area contributed by atoms with E-state index in [0.717, 1.165) is 31.2 Å². The molecule has 0 spiro atoms. The molecule has 3 aliphatic rings. The fraction of sp³-hybridized carbons (Fsp3) is 0.750. The molecule has 6 atom stereocenters. The van der Waals surface area contributed by atoms with Crippen molar-refractivity contribution in [3.05, 3.63) is 34.9 Å². The topological polar surface area (TPSA) is 97.3 Å². The molecular weight excluding hydrogens is 544 g/mol. The number of alkyl carbamates (subject to hydrolysis) is 1. The molecule has 2 heterocycles. The quantitative estimate of drug-likeness (QED) is 0.283. The SMILES string of the molecule is CCC1COC1C(O)C(CC(=O)N1CCCC(C(OCCNC(=O)OC)c2cccc(Cl)c2)C1)CC1CCCCC1. The molecule has 8 nitrogen and oxygen atoms in total. The number of ether oxygens (including phenoxy) is 3. The van der Waals surface area contributed by atoms with Gasteiger partial charge in [-0.1, -0.05) is 62.8 Å². The van der Waals surface area contributed by atoms with Gasteiger partial charge < -0.3 is 29.5 Å². The van der Waals surface area contributed by atoms with E-state index in [2.05, 4.69) is 17.0 Å². The second-order valence-corrected chi connectivity index (χ2v) is 12.6. The minimum Gasteiger partial charge on any atom is -0.453 e. The van der Waals surface area contributed by atoms with Gasteiger partial charge in [0.15, 0.2) is 0 Å². The monoisotopic (exact) mass is 592 g/mol. The van der Waals surface area contributed by atoms with Crippen LogP contribution in [0.15, 0.2) is 24.3 Å². The van der Waals surface area contributed by atoms with Crippen molar-refractivity contribution in [2.45, 2.75) is 89.4 Å². The summed E-state index contributed by atoms with van der Waals surface area (Å²) < 4.78 is 16.8. The minimum absolute atomic E-state index is 0.0882. The van der Waals surface area contributed by atoms with Gasteiger partial charge in [-0.15, -0.1) is 0 Å². The highest BCUT2D eigenvalue weighted by molar-refractivity contribution is 6.30. The van der Waals surface area contributed by atoms with E-state index in [1.54, 1.807) is 0 Å². The molecule has 41 heavy (non-hydrogen) atoms. The zero-order valence-electron chi connectivity index (χ0n) is 24.8. The van der Waals surface area contributed by atoms with Gasteiger partial charge in [0, 0.05) is 42.9 Å². The number of benzene rings is 1. The minimum atomic E-state index is -0.606. The van der Waals surface area contributed by atoms with Crippen LogP contribution >= 0.6 is 11.6 Å². The molecule has 1 aliphatic carbocycles. The average Bonchev–Trinajstić information content (AvgIpc) is 2.97. The highest BCUT2D eigenvalue weighted by atomic mass is 35.5.